The van der Waals surface area contributed by atoms with E-state index in [0.717, 1.165) is 11.9 Å². The largest absolute Gasteiger partial charge is 0.299 e. The summed E-state index contributed by atoms with van der Waals surface area (Å²) >= 11 is 3.38. The molecule has 0 rings (SSSR count). The summed E-state index contributed by atoms with van der Waals surface area (Å²) in [6.45, 7) is 9.17. The van der Waals surface area contributed by atoms with E-state index in [1.807, 2.05) is 0 Å². The van der Waals surface area contributed by atoms with Crippen molar-refractivity contribution in [1.29, 1.82) is 0 Å². The highest BCUT2D eigenvalue weighted by molar-refractivity contribution is 9.09. The molecule has 15 heavy (non-hydrogen) atoms. The van der Waals surface area contributed by atoms with Crippen LogP contribution in [0.1, 0.15) is 27.7 Å². The highest BCUT2D eigenvalue weighted by Crippen LogP contribution is 2.04. The van der Waals surface area contributed by atoms with Crippen LogP contribution in [0.5, 0.6) is 0 Å². The molecule has 0 bridgehead atoms. The van der Waals surface area contributed by atoms with E-state index in [1.165, 1.54) is 0 Å². The van der Waals surface area contributed by atoms with Gasteiger partial charge in [-0.3, -0.25) is 4.90 Å². The van der Waals surface area contributed by atoms with E-state index in [1.54, 1.807) is 13.8 Å². The molecule has 0 unspecified atom stereocenters. The lowest BCUT2D eigenvalue weighted by Crippen LogP contribution is -2.37. The van der Waals surface area contributed by atoms with Crippen molar-refractivity contribution >= 4 is 25.8 Å². The molecule has 0 saturated heterocycles. The molecule has 5 heteroatoms. The van der Waals surface area contributed by atoms with E-state index in [-0.39, 0.29) is 11.0 Å². The van der Waals surface area contributed by atoms with Crippen LogP contribution in [0, 0.1) is 0 Å². The number of nitrogens with zero attached hydrogens (tertiary/aromatic N) is 1. The minimum Gasteiger partial charge on any atom is -0.299 e. The molecule has 0 atom stereocenters. The number of rotatable bonds is 7. The predicted molar refractivity (Wildman–Crippen MR) is 69.4 cm³/mol. The average Bonchev–Trinajstić information content (AvgIpc) is 2.11. The second kappa shape index (κ2) is 6.86. The molecule has 0 radical (unpaired) electrons. The van der Waals surface area contributed by atoms with Crippen LogP contribution in [-0.2, 0) is 9.84 Å². The first-order valence-corrected chi connectivity index (χ1v) is 8.16. The van der Waals surface area contributed by atoms with E-state index < -0.39 is 9.84 Å². The first kappa shape index (κ1) is 15.4. The monoisotopic (exact) mass is 299 g/mol. The summed E-state index contributed by atoms with van der Waals surface area (Å²) in [6.07, 6.45) is 0. The molecule has 0 fully saturated rings. The van der Waals surface area contributed by atoms with Gasteiger partial charge in [0, 0.05) is 24.5 Å². The summed E-state index contributed by atoms with van der Waals surface area (Å²) in [7, 11) is -2.90. The van der Waals surface area contributed by atoms with Crippen LogP contribution in [0.3, 0.4) is 0 Å². The van der Waals surface area contributed by atoms with Gasteiger partial charge in [0.05, 0.1) is 11.0 Å². The molecule has 0 amide bonds. The number of alkyl halides is 1. The molecule has 0 spiro atoms. The molecular weight excluding hydrogens is 278 g/mol. The van der Waals surface area contributed by atoms with Crippen molar-refractivity contribution < 1.29 is 8.42 Å². The lowest BCUT2D eigenvalue weighted by atomic mass is 10.3. The van der Waals surface area contributed by atoms with Gasteiger partial charge in [-0.2, -0.15) is 0 Å². The molecule has 0 saturated carbocycles. The fourth-order valence-electron chi connectivity index (χ4n) is 1.22. The van der Waals surface area contributed by atoms with Crippen molar-refractivity contribution in [3.8, 4) is 0 Å². The third kappa shape index (κ3) is 5.88. The van der Waals surface area contributed by atoms with Gasteiger partial charge in [-0.25, -0.2) is 8.42 Å². The minimum atomic E-state index is -2.90. The molecule has 0 aliphatic carbocycles. The number of hydrogen-bond donors (Lipinski definition) is 0. The zero-order valence-corrected chi connectivity index (χ0v) is 12.4. The third-order valence-corrected chi connectivity index (χ3v) is 5.03. The molecule has 0 aliphatic heterocycles. The van der Waals surface area contributed by atoms with E-state index in [9.17, 15) is 8.42 Å². The van der Waals surface area contributed by atoms with Crippen LogP contribution < -0.4 is 0 Å². The van der Waals surface area contributed by atoms with Gasteiger partial charge in [0.15, 0.2) is 9.84 Å². The fraction of sp³-hybridized carbons (Fsp3) is 1.00. The normalized spacial score (nSPS) is 13.1. The summed E-state index contributed by atoms with van der Waals surface area (Å²) < 4.78 is 23.2. The standard InChI is InChI=1S/C10H22BrNO2S/c1-9(2)12(6-5-11)7-8-15(13,14)10(3)4/h9-10H,5-8H2,1-4H3. The van der Waals surface area contributed by atoms with Crippen molar-refractivity contribution in [1.82, 2.24) is 4.90 Å². The van der Waals surface area contributed by atoms with Gasteiger partial charge in [0.1, 0.15) is 0 Å². The maximum absolute atomic E-state index is 11.6. The van der Waals surface area contributed by atoms with Crippen molar-refractivity contribution in [2.24, 2.45) is 0 Å². The molecule has 0 aromatic rings. The zero-order valence-electron chi connectivity index (χ0n) is 10.0. The van der Waals surface area contributed by atoms with E-state index in [0.29, 0.717) is 12.6 Å². The van der Waals surface area contributed by atoms with Crippen LogP contribution in [0.4, 0.5) is 0 Å². The Labute approximate surface area is 102 Å². The molecular formula is C10H22BrNO2S. The molecule has 0 N–H and O–H groups in total. The van der Waals surface area contributed by atoms with Crippen LogP contribution in [0.25, 0.3) is 0 Å². The molecule has 3 nitrogen and oxygen atoms in total. The Morgan fingerprint density at radius 2 is 1.67 bits per heavy atom. The highest BCUT2D eigenvalue weighted by Gasteiger charge is 2.18. The van der Waals surface area contributed by atoms with Gasteiger partial charge in [0.25, 0.3) is 0 Å². The van der Waals surface area contributed by atoms with E-state index in [2.05, 4.69) is 34.7 Å². The minimum absolute atomic E-state index is 0.260. The topological polar surface area (TPSA) is 37.4 Å². The summed E-state index contributed by atoms with van der Waals surface area (Å²) in [5.74, 6) is 0.260. The Bertz CT molecular complexity index is 263. The smallest absolute Gasteiger partial charge is 0.153 e. The first-order valence-electron chi connectivity index (χ1n) is 5.33. The molecule has 92 valence electrons. The van der Waals surface area contributed by atoms with Crippen LogP contribution in [-0.4, -0.2) is 48.8 Å². The van der Waals surface area contributed by atoms with Gasteiger partial charge < -0.3 is 0 Å². The predicted octanol–water partition coefficient (Wildman–Crippen LogP) is 1.91. The lowest BCUT2D eigenvalue weighted by Gasteiger charge is -2.25. The Balaban J connectivity index is 4.22. The van der Waals surface area contributed by atoms with Gasteiger partial charge in [-0.15, -0.1) is 0 Å². The summed E-state index contributed by atoms with van der Waals surface area (Å²) in [5.41, 5.74) is 0. The second-order valence-electron chi connectivity index (χ2n) is 4.23. The van der Waals surface area contributed by atoms with E-state index in [4.69, 9.17) is 0 Å². The van der Waals surface area contributed by atoms with Crippen LogP contribution in [0.2, 0.25) is 0 Å². The van der Waals surface area contributed by atoms with Gasteiger partial charge >= 0.3 is 0 Å². The Morgan fingerprint density at radius 3 is 2.00 bits per heavy atom. The highest BCUT2D eigenvalue weighted by atomic mass is 79.9. The summed E-state index contributed by atoms with van der Waals surface area (Å²) in [5, 5.41) is 0.614. The molecule has 0 aliphatic rings. The maximum Gasteiger partial charge on any atom is 0.153 e. The molecule has 0 aromatic carbocycles. The van der Waals surface area contributed by atoms with Gasteiger partial charge in [0.2, 0.25) is 0 Å². The Hall–Kier alpha value is 0.390. The number of sulfone groups is 1. The average molecular weight is 300 g/mol. The number of hydrogen-bond acceptors (Lipinski definition) is 3. The van der Waals surface area contributed by atoms with Crippen LogP contribution in [0.15, 0.2) is 0 Å². The van der Waals surface area contributed by atoms with Crippen molar-refractivity contribution in [3.63, 3.8) is 0 Å². The van der Waals surface area contributed by atoms with Crippen molar-refractivity contribution in [3.05, 3.63) is 0 Å². The van der Waals surface area contributed by atoms with Crippen molar-refractivity contribution in [2.45, 2.75) is 39.0 Å². The zero-order chi connectivity index (χ0) is 12.1. The fourth-order valence-corrected chi connectivity index (χ4v) is 2.63. The second-order valence-corrected chi connectivity index (χ2v) is 7.70. The lowest BCUT2D eigenvalue weighted by molar-refractivity contribution is 0.250. The summed E-state index contributed by atoms with van der Waals surface area (Å²) in [4.78, 5) is 2.18. The number of halogens is 1. The van der Waals surface area contributed by atoms with Crippen LogP contribution >= 0.6 is 15.9 Å². The van der Waals surface area contributed by atoms with E-state index >= 15 is 0 Å². The Morgan fingerprint density at radius 1 is 1.13 bits per heavy atom. The molecule has 0 heterocycles. The SMILES string of the molecule is CC(C)N(CCBr)CCS(=O)(=O)C(C)C. The Kier molecular flexibility index (Phi) is 7.04. The molecule has 0 aromatic heterocycles. The summed E-state index contributed by atoms with van der Waals surface area (Å²) in [6, 6.07) is 0.393. The third-order valence-electron chi connectivity index (χ3n) is 2.48. The van der Waals surface area contributed by atoms with Gasteiger partial charge in [-0.05, 0) is 27.7 Å². The maximum atomic E-state index is 11.6. The van der Waals surface area contributed by atoms with Crippen molar-refractivity contribution in [2.75, 3.05) is 24.2 Å². The first-order chi connectivity index (χ1) is 6.81. The van der Waals surface area contributed by atoms with Gasteiger partial charge in [-0.1, -0.05) is 15.9 Å². The quantitative estimate of drug-likeness (QED) is 0.674.